The predicted molar refractivity (Wildman–Crippen MR) is 71.7 cm³/mol. The van der Waals surface area contributed by atoms with Gasteiger partial charge < -0.3 is 4.74 Å². The molecule has 0 N–H and O–H groups in total. The van der Waals surface area contributed by atoms with Gasteiger partial charge in [0.25, 0.3) is 0 Å². The summed E-state index contributed by atoms with van der Waals surface area (Å²) in [4.78, 5) is 0. The maximum atomic E-state index is 5.81. The number of aromatic nitrogens is 2. The zero-order valence-electron chi connectivity index (χ0n) is 9.77. The number of hydrogen-bond donors (Lipinski definition) is 0. The van der Waals surface area contributed by atoms with E-state index in [4.69, 9.17) is 4.74 Å². The third-order valence-corrected chi connectivity index (χ3v) is 3.01. The van der Waals surface area contributed by atoms with E-state index in [2.05, 4.69) is 28.0 Å². The van der Waals surface area contributed by atoms with E-state index in [1.54, 1.807) is 6.20 Å². The van der Waals surface area contributed by atoms with Crippen molar-refractivity contribution in [1.29, 1.82) is 0 Å². The van der Waals surface area contributed by atoms with Gasteiger partial charge in [0.1, 0.15) is 5.75 Å². The molecule has 2 rings (SSSR count). The second-order valence-electron chi connectivity index (χ2n) is 3.78. The van der Waals surface area contributed by atoms with Crippen LogP contribution in [0.3, 0.4) is 0 Å². The monoisotopic (exact) mass is 294 g/mol. The van der Waals surface area contributed by atoms with Crippen molar-refractivity contribution < 1.29 is 4.74 Å². The Morgan fingerprint density at radius 1 is 1.35 bits per heavy atom. The Kier molecular flexibility index (Phi) is 4.20. The second kappa shape index (κ2) is 5.87. The molecule has 0 saturated carbocycles. The van der Waals surface area contributed by atoms with E-state index in [1.807, 2.05) is 35.1 Å². The lowest BCUT2D eigenvalue weighted by Gasteiger charge is -2.06. The Hall–Kier alpha value is -1.29. The molecule has 2 aromatic rings. The van der Waals surface area contributed by atoms with E-state index >= 15 is 0 Å². The van der Waals surface area contributed by atoms with Crippen molar-refractivity contribution in [3.8, 4) is 11.5 Å². The zero-order valence-corrected chi connectivity index (χ0v) is 11.4. The molecule has 4 heteroatoms. The van der Waals surface area contributed by atoms with E-state index in [9.17, 15) is 0 Å². The normalized spacial score (nSPS) is 10.5. The first kappa shape index (κ1) is 12.2. The van der Waals surface area contributed by atoms with Crippen LogP contribution in [0.5, 0.6) is 11.5 Å². The molecule has 0 spiro atoms. The summed E-state index contributed by atoms with van der Waals surface area (Å²) in [6, 6.07) is 7.98. The molecule has 1 aromatic heterocycles. The van der Waals surface area contributed by atoms with Crippen molar-refractivity contribution >= 4 is 15.9 Å². The summed E-state index contributed by atoms with van der Waals surface area (Å²) in [6.45, 7) is 3.05. The molecule has 0 atom stereocenters. The standard InChI is InChI=1S/C13H15BrN2O/c1-2-7-16-10-12(9-15-16)17-13-6-4-3-5-11(13)8-14/h3-6,9-10H,2,7-8H2,1H3. The number of para-hydroxylation sites is 1. The lowest BCUT2D eigenvalue weighted by atomic mass is 10.2. The van der Waals surface area contributed by atoms with Gasteiger partial charge in [-0.3, -0.25) is 4.68 Å². The van der Waals surface area contributed by atoms with Crippen LogP contribution in [0.25, 0.3) is 0 Å². The number of halogens is 1. The van der Waals surface area contributed by atoms with Crippen LogP contribution >= 0.6 is 15.9 Å². The molecule has 0 aliphatic rings. The first-order chi connectivity index (χ1) is 8.33. The lowest BCUT2D eigenvalue weighted by Crippen LogP contribution is -1.95. The molecule has 17 heavy (non-hydrogen) atoms. The highest BCUT2D eigenvalue weighted by Crippen LogP contribution is 2.26. The molecule has 0 bridgehead atoms. The fraction of sp³-hybridized carbons (Fsp3) is 0.308. The lowest BCUT2D eigenvalue weighted by molar-refractivity contribution is 0.476. The van der Waals surface area contributed by atoms with E-state index < -0.39 is 0 Å². The molecule has 0 unspecified atom stereocenters. The Labute approximate surface area is 110 Å². The van der Waals surface area contributed by atoms with Crippen molar-refractivity contribution in [2.45, 2.75) is 25.2 Å². The van der Waals surface area contributed by atoms with Crippen molar-refractivity contribution in [2.75, 3.05) is 0 Å². The number of ether oxygens (including phenoxy) is 1. The number of aryl methyl sites for hydroxylation is 1. The van der Waals surface area contributed by atoms with E-state index in [-0.39, 0.29) is 0 Å². The number of nitrogens with zero attached hydrogens (tertiary/aromatic N) is 2. The summed E-state index contributed by atoms with van der Waals surface area (Å²) >= 11 is 3.45. The fourth-order valence-corrected chi connectivity index (χ4v) is 2.05. The summed E-state index contributed by atoms with van der Waals surface area (Å²) < 4.78 is 7.71. The Bertz CT molecular complexity index is 482. The van der Waals surface area contributed by atoms with Crippen LogP contribution < -0.4 is 4.74 Å². The van der Waals surface area contributed by atoms with Crippen LogP contribution in [0.4, 0.5) is 0 Å². The van der Waals surface area contributed by atoms with Gasteiger partial charge in [0.05, 0.1) is 12.4 Å². The molecular weight excluding hydrogens is 280 g/mol. The molecule has 0 amide bonds. The first-order valence-corrected chi connectivity index (χ1v) is 6.79. The van der Waals surface area contributed by atoms with Gasteiger partial charge in [-0.1, -0.05) is 41.1 Å². The maximum Gasteiger partial charge on any atom is 0.165 e. The molecule has 3 nitrogen and oxygen atoms in total. The molecule has 0 saturated heterocycles. The van der Waals surface area contributed by atoms with Crippen molar-refractivity contribution in [1.82, 2.24) is 9.78 Å². The maximum absolute atomic E-state index is 5.81. The number of alkyl halides is 1. The quantitative estimate of drug-likeness (QED) is 0.780. The summed E-state index contributed by atoms with van der Waals surface area (Å²) in [5, 5.41) is 5.02. The van der Waals surface area contributed by atoms with Gasteiger partial charge in [0.2, 0.25) is 0 Å². The summed E-state index contributed by atoms with van der Waals surface area (Å²) in [6.07, 6.45) is 4.74. The Morgan fingerprint density at radius 3 is 2.94 bits per heavy atom. The van der Waals surface area contributed by atoms with Crippen LogP contribution in [0.2, 0.25) is 0 Å². The first-order valence-electron chi connectivity index (χ1n) is 5.67. The Balaban J connectivity index is 2.13. The van der Waals surface area contributed by atoms with Gasteiger partial charge in [0.15, 0.2) is 5.75 Å². The van der Waals surface area contributed by atoms with E-state index in [1.165, 1.54) is 0 Å². The van der Waals surface area contributed by atoms with Gasteiger partial charge in [-0.15, -0.1) is 0 Å². The van der Waals surface area contributed by atoms with Crippen molar-refractivity contribution in [3.63, 3.8) is 0 Å². The molecule has 0 fully saturated rings. The van der Waals surface area contributed by atoms with Gasteiger partial charge >= 0.3 is 0 Å². The molecule has 0 radical (unpaired) electrons. The van der Waals surface area contributed by atoms with E-state index in [0.717, 1.165) is 35.4 Å². The summed E-state index contributed by atoms with van der Waals surface area (Å²) in [5.41, 5.74) is 1.13. The second-order valence-corrected chi connectivity index (χ2v) is 4.34. The van der Waals surface area contributed by atoms with Gasteiger partial charge in [-0.2, -0.15) is 5.10 Å². The molecule has 0 aliphatic heterocycles. The van der Waals surface area contributed by atoms with Crippen LogP contribution in [0.15, 0.2) is 36.7 Å². The number of benzene rings is 1. The highest BCUT2D eigenvalue weighted by Gasteiger charge is 2.04. The number of rotatable bonds is 5. The van der Waals surface area contributed by atoms with Gasteiger partial charge in [0, 0.05) is 17.4 Å². The third-order valence-electron chi connectivity index (χ3n) is 2.41. The minimum Gasteiger partial charge on any atom is -0.454 e. The summed E-state index contributed by atoms with van der Waals surface area (Å²) in [5.74, 6) is 1.66. The van der Waals surface area contributed by atoms with Gasteiger partial charge in [-0.25, -0.2) is 0 Å². The largest absolute Gasteiger partial charge is 0.454 e. The molecule has 1 heterocycles. The van der Waals surface area contributed by atoms with E-state index in [0.29, 0.717) is 0 Å². The predicted octanol–water partition coefficient (Wildman–Crippen LogP) is 3.98. The average Bonchev–Trinajstić information content (AvgIpc) is 2.78. The third kappa shape index (κ3) is 3.09. The van der Waals surface area contributed by atoms with Crippen LogP contribution in [-0.2, 0) is 11.9 Å². The highest BCUT2D eigenvalue weighted by molar-refractivity contribution is 9.08. The van der Waals surface area contributed by atoms with Crippen LogP contribution in [-0.4, -0.2) is 9.78 Å². The molecular formula is C13H15BrN2O. The topological polar surface area (TPSA) is 27.1 Å². The zero-order chi connectivity index (χ0) is 12.1. The van der Waals surface area contributed by atoms with Gasteiger partial charge in [-0.05, 0) is 12.5 Å². The number of hydrogen-bond acceptors (Lipinski definition) is 2. The van der Waals surface area contributed by atoms with Crippen molar-refractivity contribution in [2.24, 2.45) is 0 Å². The highest BCUT2D eigenvalue weighted by atomic mass is 79.9. The molecule has 0 aliphatic carbocycles. The summed E-state index contributed by atoms with van der Waals surface area (Å²) in [7, 11) is 0. The van der Waals surface area contributed by atoms with Crippen molar-refractivity contribution in [3.05, 3.63) is 42.2 Å². The average molecular weight is 295 g/mol. The van der Waals surface area contributed by atoms with Crippen LogP contribution in [0, 0.1) is 0 Å². The minimum absolute atomic E-state index is 0.784. The minimum atomic E-state index is 0.784. The fourth-order valence-electron chi connectivity index (χ4n) is 1.59. The Morgan fingerprint density at radius 2 is 2.18 bits per heavy atom. The molecule has 90 valence electrons. The SMILES string of the molecule is CCCn1cc(Oc2ccccc2CBr)cn1. The molecule has 1 aromatic carbocycles. The van der Waals surface area contributed by atoms with Crippen LogP contribution in [0.1, 0.15) is 18.9 Å². The smallest absolute Gasteiger partial charge is 0.165 e.